The van der Waals surface area contributed by atoms with E-state index in [0.29, 0.717) is 0 Å². The van der Waals surface area contributed by atoms with Gasteiger partial charge < -0.3 is 10.3 Å². The quantitative estimate of drug-likeness (QED) is 0.715. The minimum absolute atomic E-state index is 0.0122. The van der Waals surface area contributed by atoms with E-state index in [2.05, 4.69) is 63.3 Å². The molecule has 0 radical (unpaired) electrons. The Morgan fingerprint density at radius 2 is 2.32 bits per heavy atom. The Morgan fingerprint density at radius 3 is 3.04 bits per heavy atom. The van der Waals surface area contributed by atoms with Crippen molar-refractivity contribution in [2.45, 2.75) is 24.8 Å². The van der Waals surface area contributed by atoms with Crippen molar-refractivity contribution in [3.05, 3.63) is 70.7 Å². The molecule has 2 unspecified atom stereocenters. The average Bonchev–Trinajstić information content (AvgIpc) is 3.32. The van der Waals surface area contributed by atoms with E-state index in [9.17, 15) is 5.26 Å². The molecular weight excluding hydrogens is 328 g/mol. The number of hydrogen-bond acceptors (Lipinski definition) is 4. The zero-order chi connectivity index (χ0) is 17.3. The zero-order valence-corrected chi connectivity index (χ0v) is 14.7. The average molecular weight is 346 g/mol. The first kappa shape index (κ1) is 15.7. The van der Waals surface area contributed by atoms with Crippen molar-refractivity contribution in [3.63, 3.8) is 0 Å². The molecule has 4 nitrogen and oxygen atoms in total. The van der Waals surface area contributed by atoms with Crippen LogP contribution in [0.5, 0.6) is 0 Å². The molecule has 0 amide bonds. The first-order valence-electron chi connectivity index (χ1n) is 8.19. The summed E-state index contributed by atoms with van der Waals surface area (Å²) in [7, 11) is 0. The summed E-state index contributed by atoms with van der Waals surface area (Å²) in [6, 6.07) is 10.1. The number of fused-ring (bicyclic) bond motifs is 1. The van der Waals surface area contributed by atoms with Crippen molar-refractivity contribution in [1.29, 1.82) is 5.26 Å². The lowest BCUT2D eigenvalue weighted by molar-refractivity contribution is 0.596. The highest BCUT2D eigenvalue weighted by Crippen LogP contribution is 2.35. The molecule has 2 N–H and O–H groups in total. The molecule has 4 rings (SSSR count). The van der Waals surface area contributed by atoms with Gasteiger partial charge in [0.2, 0.25) is 0 Å². The van der Waals surface area contributed by atoms with E-state index in [0.717, 1.165) is 28.7 Å². The summed E-state index contributed by atoms with van der Waals surface area (Å²) in [5.41, 5.74) is 5.14. The number of anilines is 1. The Balaban J connectivity index is 1.53. The monoisotopic (exact) mass is 346 g/mol. The third-order valence-electron chi connectivity index (χ3n) is 4.78. The fraction of sp³-hybridized carbons (Fsp3) is 0.200. The van der Waals surface area contributed by atoms with E-state index in [1.807, 2.05) is 18.2 Å². The number of nitriles is 1. The number of thiophene rings is 1. The molecule has 2 aromatic heterocycles. The third-order valence-corrected chi connectivity index (χ3v) is 5.46. The third kappa shape index (κ3) is 2.97. The standard InChI is InChI=1S/C20H18N4S/c1-20(15-6-9-25-12-15)7-4-14(5-8-20)19(11-21)24-16-2-3-17-18(10-16)23-13-22-17/h2-7,9-10,12-13,19,24H,8H2,1H3,(H,22,23). The molecule has 3 aromatic rings. The maximum Gasteiger partial charge on any atom is 0.139 e. The molecule has 5 heteroatoms. The van der Waals surface area contributed by atoms with Crippen LogP contribution in [-0.4, -0.2) is 16.0 Å². The van der Waals surface area contributed by atoms with Gasteiger partial charge in [0.15, 0.2) is 0 Å². The smallest absolute Gasteiger partial charge is 0.139 e. The number of benzene rings is 1. The predicted molar refractivity (Wildman–Crippen MR) is 103 cm³/mol. The summed E-state index contributed by atoms with van der Waals surface area (Å²) < 4.78 is 0. The molecule has 2 heterocycles. The summed E-state index contributed by atoms with van der Waals surface area (Å²) >= 11 is 1.72. The van der Waals surface area contributed by atoms with Crippen LogP contribution in [-0.2, 0) is 5.41 Å². The summed E-state index contributed by atoms with van der Waals surface area (Å²) in [6.07, 6.45) is 9.04. The second-order valence-corrected chi connectivity index (χ2v) is 7.29. The summed E-state index contributed by atoms with van der Waals surface area (Å²) in [4.78, 5) is 7.31. The summed E-state index contributed by atoms with van der Waals surface area (Å²) in [5, 5.41) is 17.2. The van der Waals surface area contributed by atoms with Crippen molar-refractivity contribution in [1.82, 2.24) is 9.97 Å². The van der Waals surface area contributed by atoms with E-state index < -0.39 is 0 Å². The maximum atomic E-state index is 9.62. The zero-order valence-electron chi connectivity index (χ0n) is 13.9. The highest BCUT2D eigenvalue weighted by Gasteiger charge is 2.27. The van der Waals surface area contributed by atoms with E-state index >= 15 is 0 Å². The van der Waals surface area contributed by atoms with Gasteiger partial charge in [-0.25, -0.2) is 4.98 Å². The van der Waals surface area contributed by atoms with Crippen molar-refractivity contribution >= 4 is 28.1 Å². The van der Waals surface area contributed by atoms with Crippen molar-refractivity contribution in [3.8, 4) is 6.07 Å². The van der Waals surface area contributed by atoms with Crippen LogP contribution in [0.1, 0.15) is 18.9 Å². The van der Waals surface area contributed by atoms with Crippen LogP contribution in [0, 0.1) is 11.3 Å². The van der Waals surface area contributed by atoms with E-state index in [1.165, 1.54) is 5.56 Å². The molecule has 1 aromatic carbocycles. The number of hydrogen-bond donors (Lipinski definition) is 2. The number of rotatable bonds is 4. The fourth-order valence-electron chi connectivity index (χ4n) is 3.15. The molecule has 0 bridgehead atoms. The topological polar surface area (TPSA) is 64.5 Å². The van der Waals surface area contributed by atoms with Gasteiger partial charge in [-0.05, 0) is 52.6 Å². The number of allylic oxidation sites excluding steroid dienone is 2. The van der Waals surface area contributed by atoms with Crippen molar-refractivity contribution in [2.24, 2.45) is 0 Å². The minimum atomic E-state index is -0.372. The van der Waals surface area contributed by atoms with Gasteiger partial charge in [-0.15, -0.1) is 0 Å². The van der Waals surface area contributed by atoms with Gasteiger partial charge in [0, 0.05) is 11.1 Å². The van der Waals surface area contributed by atoms with Crippen LogP contribution in [0.2, 0.25) is 0 Å². The van der Waals surface area contributed by atoms with Gasteiger partial charge in [0.05, 0.1) is 23.4 Å². The number of H-pyrrole nitrogens is 1. The lowest BCUT2D eigenvalue weighted by Crippen LogP contribution is -2.25. The molecule has 0 spiro atoms. The second-order valence-electron chi connectivity index (χ2n) is 6.51. The van der Waals surface area contributed by atoms with Crippen molar-refractivity contribution in [2.75, 3.05) is 5.32 Å². The Kier molecular flexibility index (Phi) is 3.90. The predicted octanol–water partition coefficient (Wildman–Crippen LogP) is 4.77. The largest absolute Gasteiger partial charge is 0.366 e. The van der Waals surface area contributed by atoms with Gasteiger partial charge in [-0.2, -0.15) is 16.6 Å². The van der Waals surface area contributed by atoms with Crippen LogP contribution in [0.25, 0.3) is 11.0 Å². The molecule has 0 saturated heterocycles. The lowest BCUT2D eigenvalue weighted by Gasteiger charge is -2.28. The van der Waals surface area contributed by atoms with Crippen LogP contribution in [0.15, 0.2) is 65.2 Å². The Labute approximate surface area is 150 Å². The van der Waals surface area contributed by atoms with E-state index in [1.54, 1.807) is 17.7 Å². The molecule has 1 aliphatic carbocycles. The molecule has 2 atom stereocenters. The highest BCUT2D eigenvalue weighted by molar-refractivity contribution is 7.08. The molecule has 25 heavy (non-hydrogen) atoms. The first-order valence-corrected chi connectivity index (χ1v) is 9.13. The normalized spacial score (nSPS) is 20.9. The number of aromatic nitrogens is 2. The summed E-state index contributed by atoms with van der Waals surface area (Å²) in [5.74, 6) is 0. The first-order chi connectivity index (χ1) is 12.2. The minimum Gasteiger partial charge on any atom is -0.366 e. The summed E-state index contributed by atoms with van der Waals surface area (Å²) in [6.45, 7) is 2.24. The van der Waals surface area contributed by atoms with Gasteiger partial charge in [0.25, 0.3) is 0 Å². The van der Waals surface area contributed by atoms with Gasteiger partial charge in [-0.1, -0.05) is 25.2 Å². The Hall–Kier alpha value is -2.84. The van der Waals surface area contributed by atoms with Crippen LogP contribution < -0.4 is 5.32 Å². The maximum absolute atomic E-state index is 9.62. The Morgan fingerprint density at radius 1 is 1.40 bits per heavy atom. The lowest BCUT2D eigenvalue weighted by atomic mass is 9.76. The highest BCUT2D eigenvalue weighted by atomic mass is 32.1. The van der Waals surface area contributed by atoms with Crippen LogP contribution in [0.4, 0.5) is 5.69 Å². The SMILES string of the molecule is CC1(c2ccsc2)C=CC(C(C#N)Nc2ccc3nc[nH]c3c2)=CC1. The van der Waals surface area contributed by atoms with Gasteiger partial charge >= 0.3 is 0 Å². The van der Waals surface area contributed by atoms with Crippen LogP contribution >= 0.6 is 11.3 Å². The van der Waals surface area contributed by atoms with Crippen molar-refractivity contribution < 1.29 is 0 Å². The van der Waals surface area contributed by atoms with Crippen LogP contribution in [0.3, 0.4) is 0 Å². The fourth-order valence-corrected chi connectivity index (χ4v) is 3.94. The van der Waals surface area contributed by atoms with E-state index in [4.69, 9.17) is 0 Å². The van der Waals surface area contributed by atoms with Gasteiger partial charge in [-0.3, -0.25) is 0 Å². The Bertz CT molecular complexity index is 990. The molecular formula is C20H18N4S. The number of nitrogens with one attached hydrogen (secondary N) is 2. The van der Waals surface area contributed by atoms with E-state index in [-0.39, 0.29) is 11.5 Å². The number of imidazole rings is 1. The second kappa shape index (κ2) is 6.23. The number of nitrogens with zero attached hydrogens (tertiary/aromatic N) is 2. The molecule has 124 valence electrons. The number of aromatic amines is 1. The molecule has 1 aliphatic rings. The van der Waals surface area contributed by atoms with Gasteiger partial charge in [0.1, 0.15) is 6.04 Å². The molecule has 0 saturated carbocycles. The molecule has 0 fully saturated rings. The molecule has 0 aliphatic heterocycles.